The highest BCUT2D eigenvalue weighted by Gasteiger charge is 2.29. The molecule has 31 heavy (non-hydrogen) atoms. The molecule has 0 bridgehead atoms. The summed E-state index contributed by atoms with van der Waals surface area (Å²) in [6, 6.07) is 12.7. The van der Waals surface area contributed by atoms with Crippen LogP contribution in [0.3, 0.4) is 0 Å². The highest BCUT2D eigenvalue weighted by Crippen LogP contribution is 2.41. The topological polar surface area (TPSA) is 54.6 Å². The Morgan fingerprint density at radius 1 is 1.16 bits per heavy atom. The molecule has 1 aromatic heterocycles. The SMILES string of the molecule is COc1cc2c(cc1OC1CCCC1)[C@@H](CCc1c[nH]c3ccccc13)N(C=O)CC2. The highest BCUT2D eigenvalue weighted by atomic mass is 16.5. The number of H-pyrrole nitrogens is 1. The van der Waals surface area contributed by atoms with E-state index in [0.717, 1.165) is 62.1 Å². The lowest BCUT2D eigenvalue weighted by Gasteiger charge is -2.35. The Bertz CT molecular complexity index is 1070. The van der Waals surface area contributed by atoms with Gasteiger partial charge in [0.05, 0.1) is 19.3 Å². The van der Waals surface area contributed by atoms with Gasteiger partial charge in [-0.05, 0) is 79.8 Å². The van der Waals surface area contributed by atoms with Crippen LogP contribution in [0.4, 0.5) is 0 Å². The molecule has 5 nitrogen and oxygen atoms in total. The zero-order chi connectivity index (χ0) is 21.2. The number of nitrogens with one attached hydrogen (secondary N) is 1. The van der Waals surface area contributed by atoms with E-state index in [9.17, 15) is 4.79 Å². The third-order valence-corrected chi connectivity index (χ3v) is 6.92. The molecule has 3 aromatic rings. The van der Waals surface area contributed by atoms with Gasteiger partial charge < -0.3 is 19.4 Å². The van der Waals surface area contributed by atoms with Crippen molar-refractivity contribution in [1.82, 2.24) is 9.88 Å². The lowest BCUT2D eigenvalue weighted by atomic mass is 9.88. The van der Waals surface area contributed by atoms with E-state index in [1.165, 1.54) is 34.9 Å². The Morgan fingerprint density at radius 2 is 2.00 bits per heavy atom. The first-order chi connectivity index (χ1) is 15.3. The van der Waals surface area contributed by atoms with Crippen LogP contribution < -0.4 is 9.47 Å². The summed E-state index contributed by atoms with van der Waals surface area (Å²) in [4.78, 5) is 17.2. The average molecular weight is 419 g/mol. The minimum Gasteiger partial charge on any atom is -0.493 e. The van der Waals surface area contributed by atoms with Crippen molar-refractivity contribution in [2.24, 2.45) is 0 Å². The lowest BCUT2D eigenvalue weighted by molar-refractivity contribution is -0.120. The fraction of sp³-hybridized carbons (Fsp3) is 0.423. The van der Waals surface area contributed by atoms with Gasteiger partial charge in [-0.1, -0.05) is 18.2 Å². The molecule has 5 rings (SSSR count). The van der Waals surface area contributed by atoms with Crippen molar-refractivity contribution in [2.45, 2.75) is 57.1 Å². The second-order valence-corrected chi connectivity index (χ2v) is 8.73. The van der Waals surface area contributed by atoms with Crippen LogP contribution in [0.15, 0.2) is 42.6 Å². The van der Waals surface area contributed by atoms with Gasteiger partial charge in [0.15, 0.2) is 11.5 Å². The van der Waals surface area contributed by atoms with E-state index in [2.05, 4.69) is 41.5 Å². The summed E-state index contributed by atoms with van der Waals surface area (Å²) in [7, 11) is 1.71. The molecule has 0 spiro atoms. The molecule has 1 aliphatic heterocycles. The summed E-state index contributed by atoms with van der Waals surface area (Å²) in [6.07, 6.45) is 10.7. The van der Waals surface area contributed by atoms with Gasteiger partial charge in [0.1, 0.15) is 0 Å². The van der Waals surface area contributed by atoms with Crippen molar-refractivity contribution in [3.8, 4) is 11.5 Å². The molecule has 2 heterocycles. The van der Waals surface area contributed by atoms with Crippen LogP contribution >= 0.6 is 0 Å². The van der Waals surface area contributed by atoms with Gasteiger partial charge in [0.25, 0.3) is 0 Å². The van der Waals surface area contributed by atoms with Crippen molar-refractivity contribution < 1.29 is 14.3 Å². The maximum atomic E-state index is 11.9. The molecular weight excluding hydrogens is 388 g/mol. The largest absolute Gasteiger partial charge is 0.493 e. The van der Waals surface area contributed by atoms with Crippen molar-refractivity contribution in [3.63, 3.8) is 0 Å². The number of aromatic nitrogens is 1. The number of methoxy groups -OCH3 is 1. The molecule has 1 N–H and O–H groups in total. The summed E-state index contributed by atoms with van der Waals surface area (Å²) in [5, 5.41) is 1.26. The van der Waals surface area contributed by atoms with Gasteiger partial charge in [0, 0.05) is 23.6 Å². The van der Waals surface area contributed by atoms with Crippen LogP contribution in [0, 0.1) is 0 Å². The van der Waals surface area contributed by atoms with Crippen LogP contribution in [-0.2, 0) is 17.6 Å². The second kappa shape index (κ2) is 8.66. The monoisotopic (exact) mass is 418 g/mol. The molecule has 0 radical (unpaired) electrons. The first-order valence-electron chi connectivity index (χ1n) is 11.4. The summed E-state index contributed by atoms with van der Waals surface area (Å²) >= 11 is 0. The van der Waals surface area contributed by atoms with Gasteiger partial charge in [0.2, 0.25) is 6.41 Å². The number of hydrogen-bond acceptors (Lipinski definition) is 3. The third-order valence-electron chi connectivity index (χ3n) is 6.92. The van der Waals surface area contributed by atoms with E-state index in [4.69, 9.17) is 9.47 Å². The Kier molecular flexibility index (Phi) is 5.58. The molecule has 2 aromatic carbocycles. The predicted octanol–water partition coefficient (Wildman–Crippen LogP) is 5.19. The zero-order valence-corrected chi connectivity index (χ0v) is 18.1. The van der Waals surface area contributed by atoms with Crippen LogP contribution in [0.5, 0.6) is 11.5 Å². The van der Waals surface area contributed by atoms with Gasteiger partial charge >= 0.3 is 0 Å². The fourth-order valence-electron chi connectivity index (χ4n) is 5.24. The smallest absolute Gasteiger partial charge is 0.210 e. The molecule has 0 saturated heterocycles. The molecule has 1 saturated carbocycles. The van der Waals surface area contributed by atoms with E-state index < -0.39 is 0 Å². The third kappa shape index (κ3) is 3.89. The number of aromatic amines is 1. The number of carbonyl (C=O) groups excluding carboxylic acids is 1. The fourth-order valence-corrected chi connectivity index (χ4v) is 5.24. The molecule has 5 heteroatoms. The standard InChI is InChI=1S/C26H30N2O3/c1-30-25-14-18-12-13-28(17-29)24(22(18)15-26(25)31-20-6-2-3-7-20)11-10-19-16-27-23-9-5-4-8-21(19)23/h4-5,8-9,14-17,20,24,27H,2-3,6-7,10-13H2,1H3/t24-/m1/s1. The first-order valence-corrected chi connectivity index (χ1v) is 11.4. The number of rotatable bonds is 7. The molecule has 1 amide bonds. The van der Waals surface area contributed by atoms with Gasteiger partial charge in [-0.25, -0.2) is 0 Å². The Hall–Kier alpha value is -2.95. The van der Waals surface area contributed by atoms with Crippen molar-refractivity contribution in [1.29, 1.82) is 0 Å². The second-order valence-electron chi connectivity index (χ2n) is 8.73. The van der Waals surface area contributed by atoms with E-state index in [1.54, 1.807) is 7.11 Å². The molecule has 1 fully saturated rings. The number of para-hydroxylation sites is 1. The average Bonchev–Trinajstić information content (AvgIpc) is 3.47. The number of aryl methyl sites for hydroxylation is 1. The van der Waals surface area contributed by atoms with E-state index in [0.29, 0.717) is 0 Å². The predicted molar refractivity (Wildman–Crippen MR) is 122 cm³/mol. The van der Waals surface area contributed by atoms with Crippen molar-refractivity contribution in [3.05, 3.63) is 59.3 Å². The van der Waals surface area contributed by atoms with E-state index in [1.807, 2.05) is 11.0 Å². The normalized spacial score (nSPS) is 18.9. The number of fused-ring (bicyclic) bond motifs is 2. The summed E-state index contributed by atoms with van der Waals surface area (Å²) < 4.78 is 12.0. The molecule has 1 atom stereocenters. The number of benzene rings is 2. The Morgan fingerprint density at radius 3 is 2.81 bits per heavy atom. The number of nitrogens with zero attached hydrogens (tertiary/aromatic N) is 1. The molecular formula is C26H30N2O3. The summed E-state index contributed by atoms with van der Waals surface area (Å²) in [6.45, 7) is 0.737. The van der Waals surface area contributed by atoms with Crippen LogP contribution in [0.25, 0.3) is 10.9 Å². The number of ether oxygens (including phenoxy) is 2. The van der Waals surface area contributed by atoms with E-state index in [-0.39, 0.29) is 12.1 Å². The highest BCUT2D eigenvalue weighted by molar-refractivity contribution is 5.83. The number of carbonyl (C=O) groups is 1. The lowest BCUT2D eigenvalue weighted by Crippen LogP contribution is -2.34. The maximum Gasteiger partial charge on any atom is 0.210 e. The quantitative estimate of drug-likeness (QED) is 0.538. The Balaban J connectivity index is 1.44. The number of hydrogen-bond donors (Lipinski definition) is 1. The maximum absolute atomic E-state index is 11.9. The van der Waals surface area contributed by atoms with Gasteiger partial charge in [-0.3, -0.25) is 4.79 Å². The van der Waals surface area contributed by atoms with Crippen molar-refractivity contribution in [2.75, 3.05) is 13.7 Å². The first kappa shape index (κ1) is 20.0. The minimum absolute atomic E-state index is 0.0479. The minimum atomic E-state index is 0.0479. The van der Waals surface area contributed by atoms with Gasteiger partial charge in [-0.15, -0.1) is 0 Å². The van der Waals surface area contributed by atoms with Crippen LogP contribution in [-0.4, -0.2) is 36.1 Å². The van der Waals surface area contributed by atoms with E-state index >= 15 is 0 Å². The Labute approximate surface area is 183 Å². The summed E-state index contributed by atoms with van der Waals surface area (Å²) in [5.41, 5.74) is 4.92. The summed E-state index contributed by atoms with van der Waals surface area (Å²) in [5.74, 6) is 1.62. The van der Waals surface area contributed by atoms with Crippen LogP contribution in [0.1, 0.15) is 54.8 Å². The molecule has 0 unspecified atom stereocenters. The van der Waals surface area contributed by atoms with Gasteiger partial charge in [-0.2, -0.15) is 0 Å². The van der Waals surface area contributed by atoms with Crippen LogP contribution in [0.2, 0.25) is 0 Å². The zero-order valence-electron chi connectivity index (χ0n) is 18.1. The van der Waals surface area contributed by atoms with Crippen molar-refractivity contribution >= 4 is 17.3 Å². The number of amides is 1. The molecule has 1 aliphatic carbocycles. The molecule has 2 aliphatic rings. The molecule has 162 valence electrons.